The van der Waals surface area contributed by atoms with Crippen molar-refractivity contribution in [1.29, 1.82) is 5.26 Å². The Morgan fingerprint density at radius 3 is 2.75 bits per heavy atom. The van der Waals surface area contributed by atoms with Gasteiger partial charge in [0.25, 0.3) is 0 Å². The number of nitrogens with zero attached hydrogens (tertiary/aromatic N) is 2. The summed E-state index contributed by atoms with van der Waals surface area (Å²) in [6.07, 6.45) is 1.33. The highest BCUT2D eigenvalue weighted by Gasteiger charge is 2.33. The summed E-state index contributed by atoms with van der Waals surface area (Å²) < 4.78 is 0. The summed E-state index contributed by atoms with van der Waals surface area (Å²) >= 11 is 0. The first kappa shape index (κ1) is 11.0. The van der Waals surface area contributed by atoms with Gasteiger partial charge in [-0.1, -0.05) is 13.0 Å². The Bertz CT molecular complexity index is 431. The predicted molar refractivity (Wildman–Crippen MR) is 66.4 cm³/mol. The van der Waals surface area contributed by atoms with Crippen LogP contribution in [-0.4, -0.2) is 13.6 Å². The second-order valence-electron chi connectivity index (χ2n) is 4.99. The summed E-state index contributed by atoms with van der Waals surface area (Å²) in [5.74, 6) is 1.68. The van der Waals surface area contributed by atoms with E-state index in [9.17, 15) is 0 Å². The van der Waals surface area contributed by atoms with Crippen LogP contribution in [0.1, 0.15) is 24.5 Å². The minimum atomic E-state index is 0.779. The monoisotopic (exact) mass is 214 g/mol. The fraction of sp³-hybridized carbons (Fsp3) is 0.500. The van der Waals surface area contributed by atoms with Gasteiger partial charge in [0.05, 0.1) is 11.3 Å². The van der Waals surface area contributed by atoms with Gasteiger partial charge in [-0.15, -0.1) is 0 Å². The molecule has 0 radical (unpaired) electrons. The summed E-state index contributed by atoms with van der Waals surface area (Å²) in [6.45, 7) is 5.43. The summed E-state index contributed by atoms with van der Waals surface area (Å²) in [5.41, 5.74) is 3.06. The van der Waals surface area contributed by atoms with E-state index in [4.69, 9.17) is 5.26 Å². The Hall–Kier alpha value is -1.49. The van der Waals surface area contributed by atoms with E-state index in [2.05, 4.69) is 37.9 Å². The fourth-order valence-corrected chi connectivity index (χ4v) is 2.16. The molecule has 0 amide bonds. The lowest BCUT2D eigenvalue weighted by Gasteiger charge is -2.21. The normalized spacial score (nSPS) is 22.6. The summed E-state index contributed by atoms with van der Waals surface area (Å²) in [7, 11) is 2.08. The van der Waals surface area contributed by atoms with Crippen molar-refractivity contribution < 1.29 is 0 Å². The Morgan fingerprint density at radius 1 is 1.50 bits per heavy atom. The molecule has 1 aliphatic rings. The quantitative estimate of drug-likeness (QED) is 0.773. The molecule has 0 spiro atoms. The maximum atomic E-state index is 9.08. The smallest absolute Gasteiger partial charge is 0.101 e. The lowest BCUT2D eigenvalue weighted by molar-refractivity contribution is 0.725. The van der Waals surface area contributed by atoms with Crippen molar-refractivity contribution in [3.63, 3.8) is 0 Å². The molecule has 2 nitrogen and oxygen atoms in total. The summed E-state index contributed by atoms with van der Waals surface area (Å²) in [6, 6.07) is 8.28. The summed E-state index contributed by atoms with van der Waals surface area (Å²) in [5, 5.41) is 9.08. The van der Waals surface area contributed by atoms with E-state index in [1.807, 2.05) is 12.1 Å². The van der Waals surface area contributed by atoms with Gasteiger partial charge >= 0.3 is 0 Å². The lowest BCUT2D eigenvalue weighted by Crippen LogP contribution is -2.21. The van der Waals surface area contributed by atoms with Crippen molar-refractivity contribution in [3.8, 4) is 6.07 Å². The number of aryl methyl sites for hydroxylation is 1. The second-order valence-corrected chi connectivity index (χ2v) is 4.99. The number of nitriles is 1. The third kappa shape index (κ3) is 2.19. The molecule has 2 rings (SSSR count). The number of hydrogen-bond acceptors (Lipinski definition) is 2. The van der Waals surface area contributed by atoms with Crippen LogP contribution in [0.5, 0.6) is 0 Å². The molecule has 0 N–H and O–H groups in total. The molecule has 0 bridgehead atoms. The molecule has 0 heterocycles. The second kappa shape index (κ2) is 4.17. The van der Waals surface area contributed by atoms with Crippen LogP contribution >= 0.6 is 0 Å². The molecule has 2 heteroatoms. The maximum Gasteiger partial charge on any atom is 0.101 e. The topological polar surface area (TPSA) is 27.0 Å². The van der Waals surface area contributed by atoms with Gasteiger partial charge in [0.2, 0.25) is 0 Å². The summed E-state index contributed by atoms with van der Waals surface area (Å²) in [4.78, 5) is 2.22. The van der Waals surface area contributed by atoms with Crippen LogP contribution in [0.15, 0.2) is 18.2 Å². The lowest BCUT2D eigenvalue weighted by atomic mass is 10.1. The largest absolute Gasteiger partial charge is 0.373 e. The van der Waals surface area contributed by atoms with Crippen LogP contribution < -0.4 is 4.90 Å². The van der Waals surface area contributed by atoms with E-state index in [1.165, 1.54) is 12.0 Å². The van der Waals surface area contributed by atoms with Gasteiger partial charge in [0.1, 0.15) is 6.07 Å². The molecule has 0 saturated heterocycles. The van der Waals surface area contributed by atoms with Gasteiger partial charge < -0.3 is 4.90 Å². The molecule has 1 aromatic carbocycles. The molecule has 0 aliphatic heterocycles. The molecule has 2 atom stereocenters. The van der Waals surface area contributed by atoms with Crippen molar-refractivity contribution >= 4 is 5.69 Å². The molecule has 0 aromatic heterocycles. The zero-order valence-corrected chi connectivity index (χ0v) is 10.2. The van der Waals surface area contributed by atoms with Gasteiger partial charge in [-0.25, -0.2) is 0 Å². The molecule has 2 unspecified atom stereocenters. The van der Waals surface area contributed by atoms with Crippen molar-refractivity contribution in [2.45, 2.75) is 20.3 Å². The number of anilines is 1. The van der Waals surface area contributed by atoms with Crippen LogP contribution in [0.25, 0.3) is 0 Å². The van der Waals surface area contributed by atoms with E-state index in [0.717, 1.165) is 29.6 Å². The van der Waals surface area contributed by atoms with Crippen LogP contribution in [0.2, 0.25) is 0 Å². The molecule has 84 valence electrons. The minimum absolute atomic E-state index is 0.779. The Morgan fingerprint density at radius 2 is 2.19 bits per heavy atom. The van der Waals surface area contributed by atoms with E-state index >= 15 is 0 Å². The minimum Gasteiger partial charge on any atom is -0.373 e. The highest BCUT2D eigenvalue weighted by Crippen LogP contribution is 2.39. The van der Waals surface area contributed by atoms with Gasteiger partial charge in [0, 0.05) is 13.6 Å². The first-order chi connectivity index (χ1) is 7.61. The van der Waals surface area contributed by atoms with Crippen LogP contribution in [-0.2, 0) is 0 Å². The molecule has 16 heavy (non-hydrogen) atoms. The maximum absolute atomic E-state index is 9.08. The van der Waals surface area contributed by atoms with Crippen LogP contribution in [0, 0.1) is 30.1 Å². The third-order valence-electron chi connectivity index (χ3n) is 3.47. The first-order valence-electron chi connectivity index (χ1n) is 5.83. The number of benzene rings is 1. The van der Waals surface area contributed by atoms with Gasteiger partial charge in [0.15, 0.2) is 0 Å². The average Bonchev–Trinajstić information content (AvgIpc) is 2.94. The van der Waals surface area contributed by atoms with E-state index in [0.29, 0.717) is 0 Å². The molecular weight excluding hydrogens is 196 g/mol. The molecule has 1 aliphatic carbocycles. The van der Waals surface area contributed by atoms with Gasteiger partial charge in [-0.05, 0) is 42.9 Å². The number of rotatable bonds is 3. The van der Waals surface area contributed by atoms with Crippen LogP contribution in [0.4, 0.5) is 5.69 Å². The molecular formula is C14H18N2. The van der Waals surface area contributed by atoms with Crippen LogP contribution in [0.3, 0.4) is 0 Å². The zero-order chi connectivity index (χ0) is 11.7. The molecule has 1 aromatic rings. The Labute approximate surface area is 97.5 Å². The Balaban J connectivity index is 2.18. The van der Waals surface area contributed by atoms with Crippen molar-refractivity contribution in [1.82, 2.24) is 0 Å². The highest BCUT2D eigenvalue weighted by atomic mass is 15.1. The van der Waals surface area contributed by atoms with Gasteiger partial charge in [-0.3, -0.25) is 0 Å². The fourth-order valence-electron chi connectivity index (χ4n) is 2.16. The van der Waals surface area contributed by atoms with Crippen molar-refractivity contribution in [2.75, 3.05) is 18.5 Å². The zero-order valence-electron chi connectivity index (χ0n) is 10.2. The highest BCUT2D eigenvalue weighted by molar-refractivity contribution is 5.60. The number of hydrogen-bond donors (Lipinski definition) is 0. The van der Waals surface area contributed by atoms with Gasteiger partial charge in [-0.2, -0.15) is 5.26 Å². The molecule has 1 saturated carbocycles. The van der Waals surface area contributed by atoms with E-state index in [-0.39, 0.29) is 0 Å². The SMILES string of the molecule is Cc1ccc(C#N)c(N(C)CC2CC2C)c1. The third-order valence-corrected chi connectivity index (χ3v) is 3.47. The first-order valence-corrected chi connectivity index (χ1v) is 5.83. The predicted octanol–water partition coefficient (Wildman–Crippen LogP) is 2.96. The Kier molecular flexibility index (Phi) is 2.87. The average molecular weight is 214 g/mol. The van der Waals surface area contributed by atoms with Crippen molar-refractivity contribution in [3.05, 3.63) is 29.3 Å². The van der Waals surface area contributed by atoms with Crippen molar-refractivity contribution in [2.24, 2.45) is 11.8 Å². The standard InChI is InChI=1S/C14H18N2/c1-10-4-5-12(8-15)14(6-10)16(3)9-13-7-11(13)2/h4-6,11,13H,7,9H2,1-3H3. The van der Waals surface area contributed by atoms with E-state index in [1.54, 1.807) is 0 Å². The van der Waals surface area contributed by atoms with E-state index < -0.39 is 0 Å². The molecule has 1 fully saturated rings.